The number of rotatable bonds is 7. The molecule has 0 aromatic heterocycles. The molecule has 2 aliphatic heterocycles. The number of amides is 1. The third-order valence-electron chi connectivity index (χ3n) is 5.95. The molecular formula is C23H29N3O5. The number of phenols is 1. The topological polar surface area (TPSA) is 117 Å². The normalized spacial score (nSPS) is 21.4. The molecule has 1 fully saturated rings. The average molecular weight is 428 g/mol. The first-order valence-electron chi connectivity index (χ1n) is 10.6. The summed E-state index contributed by atoms with van der Waals surface area (Å²) < 4.78 is 11.6. The summed E-state index contributed by atoms with van der Waals surface area (Å²) in [4.78, 5) is 14.2. The molecule has 4 rings (SSSR count). The summed E-state index contributed by atoms with van der Waals surface area (Å²) in [5.41, 5.74) is 6.45. The minimum absolute atomic E-state index is 0.157. The molecule has 8 heteroatoms. The van der Waals surface area contributed by atoms with E-state index in [1.54, 1.807) is 24.3 Å². The molecular weight excluding hydrogens is 398 g/mol. The van der Waals surface area contributed by atoms with E-state index in [4.69, 9.17) is 15.2 Å². The molecule has 5 N–H and O–H groups in total. The Balaban J connectivity index is 1.26. The van der Waals surface area contributed by atoms with Gasteiger partial charge in [0.1, 0.15) is 24.5 Å². The summed E-state index contributed by atoms with van der Waals surface area (Å²) in [6.07, 6.45) is 0.553. The standard InChI is InChI=1S/C23H29N3O5/c24-23(29)22(15-5-7-17(27)8-6-15)26-11-9-16(10-12-26)25-13-18(28)21-14-30-19-3-1-2-4-20(19)31-21/h1-8,16,18,21-22,25,27-28H,9-14H2,(H2,24,29). The maximum absolute atomic E-state index is 12.1. The van der Waals surface area contributed by atoms with Gasteiger partial charge in [-0.05, 0) is 42.7 Å². The van der Waals surface area contributed by atoms with Gasteiger partial charge in [-0.25, -0.2) is 0 Å². The number of aromatic hydroxyl groups is 1. The van der Waals surface area contributed by atoms with Gasteiger partial charge in [0.2, 0.25) is 5.91 Å². The fourth-order valence-corrected chi connectivity index (χ4v) is 4.22. The molecule has 1 saturated heterocycles. The Kier molecular flexibility index (Phi) is 6.60. The number of nitrogens with zero attached hydrogens (tertiary/aromatic N) is 1. The highest BCUT2D eigenvalue weighted by Crippen LogP contribution is 2.31. The Bertz CT molecular complexity index is 883. The van der Waals surface area contributed by atoms with E-state index in [9.17, 15) is 15.0 Å². The summed E-state index contributed by atoms with van der Waals surface area (Å²) in [5, 5.41) is 23.5. The van der Waals surface area contributed by atoms with Crippen LogP contribution in [0.4, 0.5) is 0 Å². The second-order valence-corrected chi connectivity index (χ2v) is 8.10. The Morgan fingerprint density at radius 1 is 1.13 bits per heavy atom. The molecule has 2 heterocycles. The SMILES string of the molecule is NC(=O)C(c1ccc(O)cc1)N1CCC(NCC(O)C2COc3ccccc3O2)CC1. The van der Waals surface area contributed by atoms with Crippen molar-refractivity contribution < 1.29 is 24.5 Å². The van der Waals surface area contributed by atoms with Crippen molar-refractivity contribution >= 4 is 5.91 Å². The highest BCUT2D eigenvalue weighted by Gasteiger charge is 2.31. The second kappa shape index (κ2) is 9.55. The van der Waals surface area contributed by atoms with E-state index < -0.39 is 24.2 Å². The van der Waals surface area contributed by atoms with E-state index in [1.807, 2.05) is 24.3 Å². The third kappa shape index (κ3) is 5.10. The first kappa shape index (κ1) is 21.4. The van der Waals surface area contributed by atoms with Crippen LogP contribution in [0, 0.1) is 0 Å². The largest absolute Gasteiger partial charge is 0.508 e. The lowest BCUT2D eigenvalue weighted by Crippen LogP contribution is -2.50. The first-order chi connectivity index (χ1) is 15.0. The number of primary amides is 1. The number of likely N-dealkylation sites (tertiary alicyclic amines) is 1. The summed E-state index contributed by atoms with van der Waals surface area (Å²) in [6, 6.07) is 13.8. The van der Waals surface area contributed by atoms with Crippen molar-refractivity contribution in [2.45, 2.75) is 37.1 Å². The molecule has 0 saturated carbocycles. The summed E-state index contributed by atoms with van der Waals surface area (Å²) >= 11 is 0. The number of carbonyl (C=O) groups is 1. The van der Waals surface area contributed by atoms with E-state index in [0.717, 1.165) is 18.4 Å². The van der Waals surface area contributed by atoms with E-state index in [0.29, 0.717) is 37.7 Å². The van der Waals surface area contributed by atoms with Crippen molar-refractivity contribution in [3.05, 3.63) is 54.1 Å². The summed E-state index contributed by atoms with van der Waals surface area (Å²) in [5.74, 6) is 1.10. The number of aliphatic hydroxyl groups excluding tert-OH is 1. The van der Waals surface area contributed by atoms with Crippen molar-refractivity contribution in [3.8, 4) is 17.2 Å². The van der Waals surface area contributed by atoms with Crippen LogP contribution in [0.1, 0.15) is 24.4 Å². The number of piperidine rings is 1. The van der Waals surface area contributed by atoms with Crippen LogP contribution in [0.3, 0.4) is 0 Å². The van der Waals surface area contributed by atoms with Crippen LogP contribution in [0.5, 0.6) is 17.2 Å². The molecule has 166 valence electrons. The van der Waals surface area contributed by atoms with Gasteiger partial charge in [0.05, 0.1) is 0 Å². The van der Waals surface area contributed by atoms with Crippen LogP contribution < -0.4 is 20.5 Å². The van der Waals surface area contributed by atoms with Gasteiger partial charge in [0.15, 0.2) is 17.6 Å². The predicted molar refractivity (Wildman–Crippen MR) is 115 cm³/mol. The molecule has 8 nitrogen and oxygen atoms in total. The van der Waals surface area contributed by atoms with Crippen molar-refractivity contribution in [1.29, 1.82) is 0 Å². The fraction of sp³-hybridized carbons (Fsp3) is 0.435. The van der Waals surface area contributed by atoms with Crippen LogP contribution in [-0.2, 0) is 4.79 Å². The molecule has 3 atom stereocenters. The van der Waals surface area contributed by atoms with E-state index in [2.05, 4.69) is 10.2 Å². The lowest BCUT2D eigenvalue weighted by molar-refractivity contribution is -0.124. The number of carbonyl (C=O) groups excluding carboxylic acids is 1. The zero-order valence-corrected chi connectivity index (χ0v) is 17.3. The van der Waals surface area contributed by atoms with Crippen LogP contribution in [-0.4, -0.2) is 65.5 Å². The first-order valence-corrected chi connectivity index (χ1v) is 10.6. The summed E-state index contributed by atoms with van der Waals surface area (Å²) in [6.45, 7) is 2.13. The van der Waals surface area contributed by atoms with Gasteiger partial charge < -0.3 is 30.7 Å². The van der Waals surface area contributed by atoms with Crippen LogP contribution >= 0.6 is 0 Å². The minimum atomic E-state index is -0.693. The Labute approximate surface area is 181 Å². The molecule has 0 bridgehead atoms. The Morgan fingerprint density at radius 2 is 1.81 bits per heavy atom. The quantitative estimate of drug-likeness (QED) is 0.524. The lowest BCUT2D eigenvalue weighted by atomic mass is 9.98. The fourth-order valence-electron chi connectivity index (χ4n) is 4.22. The smallest absolute Gasteiger partial charge is 0.239 e. The highest BCUT2D eigenvalue weighted by molar-refractivity contribution is 5.81. The number of phenolic OH excluding ortho intramolecular Hbond substituents is 1. The number of hydrogen-bond acceptors (Lipinski definition) is 7. The molecule has 2 aromatic rings. The zero-order valence-electron chi connectivity index (χ0n) is 17.3. The van der Waals surface area contributed by atoms with E-state index in [1.165, 1.54) is 0 Å². The van der Waals surface area contributed by atoms with Gasteiger partial charge in [-0.15, -0.1) is 0 Å². The summed E-state index contributed by atoms with van der Waals surface area (Å²) in [7, 11) is 0. The molecule has 0 aliphatic carbocycles. The van der Waals surface area contributed by atoms with E-state index >= 15 is 0 Å². The van der Waals surface area contributed by atoms with Gasteiger partial charge in [0.25, 0.3) is 0 Å². The number of benzene rings is 2. The molecule has 2 aliphatic rings. The van der Waals surface area contributed by atoms with Crippen molar-refractivity contribution in [3.63, 3.8) is 0 Å². The van der Waals surface area contributed by atoms with Crippen LogP contribution in [0.2, 0.25) is 0 Å². The highest BCUT2D eigenvalue weighted by atomic mass is 16.6. The van der Waals surface area contributed by atoms with Gasteiger partial charge >= 0.3 is 0 Å². The average Bonchev–Trinajstić information content (AvgIpc) is 2.79. The van der Waals surface area contributed by atoms with Crippen molar-refractivity contribution in [2.24, 2.45) is 5.73 Å². The predicted octanol–water partition coefficient (Wildman–Crippen LogP) is 1.17. The van der Waals surface area contributed by atoms with E-state index in [-0.39, 0.29) is 11.8 Å². The zero-order chi connectivity index (χ0) is 21.8. The number of para-hydroxylation sites is 2. The molecule has 2 aromatic carbocycles. The monoisotopic (exact) mass is 427 g/mol. The third-order valence-corrected chi connectivity index (χ3v) is 5.95. The molecule has 31 heavy (non-hydrogen) atoms. The maximum atomic E-state index is 12.1. The molecule has 1 amide bonds. The van der Waals surface area contributed by atoms with Crippen LogP contribution in [0.25, 0.3) is 0 Å². The molecule has 0 radical (unpaired) electrons. The molecule has 3 unspecified atom stereocenters. The minimum Gasteiger partial charge on any atom is -0.508 e. The van der Waals surface area contributed by atoms with Crippen LogP contribution in [0.15, 0.2) is 48.5 Å². The number of nitrogens with one attached hydrogen (secondary N) is 1. The number of hydrogen-bond donors (Lipinski definition) is 4. The maximum Gasteiger partial charge on any atom is 0.239 e. The second-order valence-electron chi connectivity index (χ2n) is 8.10. The Morgan fingerprint density at radius 3 is 2.48 bits per heavy atom. The van der Waals surface area contributed by atoms with Crippen molar-refractivity contribution in [1.82, 2.24) is 10.2 Å². The number of nitrogens with two attached hydrogens (primary N) is 1. The molecule has 0 spiro atoms. The van der Waals surface area contributed by atoms with Crippen molar-refractivity contribution in [2.75, 3.05) is 26.2 Å². The van der Waals surface area contributed by atoms with Gasteiger partial charge in [-0.1, -0.05) is 24.3 Å². The van der Waals surface area contributed by atoms with Gasteiger partial charge in [-0.2, -0.15) is 0 Å². The number of aliphatic hydroxyl groups is 1. The number of ether oxygens (including phenoxy) is 2. The lowest BCUT2D eigenvalue weighted by Gasteiger charge is -2.37. The van der Waals surface area contributed by atoms with Gasteiger partial charge in [-0.3, -0.25) is 9.69 Å². The number of fused-ring (bicyclic) bond motifs is 1. The Hall–Kier alpha value is -2.81. The van der Waals surface area contributed by atoms with Gasteiger partial charge in [0, 0.05) is 25.7 Å².